The molecule has 4 nitrogen and oxygen atoms in total. The predicted octanol–water partition coefficient (Wildman–Crippen LogP) is 2.41. The molecule has 1 aromatic heterocycles. The largest absolute Gasteiger partial charge is 0.507 e. The lowest BCUT2D eigenvalue weighted by molar-refractivity contribution is 0.102. The number of hydrogen-bond donors (Lipinski definition) is 2. The third-order valence-electron chi connectivity index (χ3n) is 2.07. The van der Waals surface area contributed by atoms with E-state index in [-0.39, 0.29) is 17.2 Å². The fourth-order valence-electron chi connectivity index (χ4n) is 1.29. The Labute approximate surface area is 96.6 Å². The maximum absolute atomic E-state index is 11.8. The molecule has 1 heterocycles. The van der Waals surface area contributed by atoms with Gasteiger partial charge in [0.05, 0.1) is 17.3 Å². The van der Waals surface area contributed by atoms with Gasteiger partial charge in [-0.3, -0.25) is 9.78 Å². The number of phenolic OH excluding ortho intramolecular Hbond substituents is 1. The van der Waals surface area contributed by atoms with Crippen molar-refractivity contribution >= 4 is 22.2 Å². The van der Waals surface area contributed by atoms with Gasteiger partial charge in [0.1, 0.15) is 10.8 Å². The van der Waals surface area contributed by atoms with E-state index in [9.17, 15) is 9.90 Å². The SMILES string of the molecule is Cc1ccc(C(=O)Nc2cncs2)c(O)c1. The first-order chi connectivity index (χ1) is 7.66. The number of amides is 1. The van der Waals surface area contributed by atoms with E-state index in [0.29, 0.717) is 5.00 Å². The lowest BCUT2D eigenvalue weighted by Crippen LogP contribution is -2.11. The Morgan fingerprint density at radius 2 is 2.31 bits per heavy atom. The normalized spacial score (nSPS) is 10.1. The van der Waals surface area contributed by atoms with E-state index < -0.39 is 0 Å². The van der Waals surface area contributed by atoms with Crippen molar-refractivity contribution in [2.24, 2.45) is 0 Å². The van der Waals surface area contributed by atoms with E-state index in [4.69, 9.17) is 0 Å². The van der Waals surface area contributed by atoms with Gasteiger partial charge in [0.2, 0.25) is 0 Å². The summed E-state index contributed by atoms with van der Waals surface area (Å²) in [5.41, 5.74) is 2.80. The topological polar surface area (TPSA) is 62.2 Å². The highest BCUT2D eigenvalue weighted by Gasteiger charge is 2.11. The average Bonchev–Trinajstić information content (AvgIpc) is 2.70. The van der Waals surface area contributed by atoms with Crippen LogP contribution in [0, 0.1) is 6.92 Å². The van der Waals surface area contributed by atoms with Crippen molar-refractivity contribution in [3.05, 3.63) is 41.0 Å². The number of hydrogen-bond acceptors (Lipinski definition) is 4. The Balaban J connectivity index is 2.21. The maximum Gasteiger partial charge on any atom is 0.260 e. The summed E-state index contributed by atoms with van der Waals surface area (Å²) in [6.45, 7) is 1.85. The molecule has 0 fully saturated rings. The molecule has 5 heteroatoms. The average molecular weight is 234 g/mol. The minimum Gasteiger partial charge on any atom is -0.507 e. The molecule has 0 aliphatic heterocycles. The van der Waals surface area contributed by atoms with E-state index >= 15 is 0 Å². The van der Waals surface area contributed by atoms with Crippen molar-refractivity contribution in [3.8, 4) is 5.75 Å². The van der Waals surface area contributed by atoms with Crippen molar-refractivity contribution in [3.63, 3.8) is 0 Å². The van der Waals surface area contributed by atoms with Gasteiger partial charge in [-0.15, -0.1) is 11.3 Å². The number of anilines is 1. The summed E-state index contributed by atoms with van der Waals surface area (Å²) >= 11 is 1.33. The summed E-state index contributed by atoms with van der Waals surface area (Å²) in [4.78, 5) is 15.6. The third-order valence-corrected chi connectivity index (χ3v) is 2.76. The molecule has 0 bridgehead atoms. The zero-order chi connectivity index (χ0) is 11.5. The van der Waals surface area contributed by atoms with Crippen LogP contribution in [0.25, 0.3) is 0 Å². The number of carbonyl (C=O) groups is 1. The number of rotatable bonds is 2. The molecule has 82 valence electrons. The van der Waals surface area contributed by atoms with Gasteiger partial charge in [-0.05, 0) is 24.6 Å². The zero-order valence-electron chi connectivity index (χ0n) is 8.60. The van der Waals surface area contributed by atoms with Gasteiger partial charge in [0.15, 0.2) is 0 Å². The second-order valence-corrected chi connectivity index (χ2v) is 4.23. The number of carbonyl (C=O) groups excluding carboxylic acids is 1. The Kier molecular flexibility index (Phi) is 2.87. The first kappa shape index (κ1) is 10.6. The van der Waals surface area contributed by atoms with Crippen LogP contribution in [0.2, 0.25) is 0 Å². The van der Waals surface area contributed by atoms with Gasteiger partial charge in [0, 0.05) is 0 Å². The molecule has 0 saturated carbocycles. The second kappa shape index (κ2) is 4.32. The molecular formula is C11H10N2O2S. The first-order valence-electron chi connectivity index (χ1n) is 4.66. The Morgan fingerprint density at radius 1 is 1.50 bits per heavy atom. The molecule has 1 amide bonds. The van der Waals surface area contributed by atoms with Gasteiger partial charge in [-0.1, -0.05) is 6.07 Å². The summed E-state index contributed by atoms with van der Waals surface area (Å²) in [6, 6.07) is 4.93. The van der Waals surface area contributed by atoms with Crippen LogP contribution in [0.5, 0.6) is 5.75 Å². The summed E-state index contributed by atoms with van der Waals surface area (Å²) in [7, 11) is 0. The zero-order valence-corrected chi connectivity index (χ0v) is 9.41. The van der Waals surface area contributed by atoms with Crippen LogP contribution < -0.4 is 5.32 Å². The van der Waals surface area contributed by atoms with Crippen LogP contribution in [0.15, 0.2) is 29.9 Å². The van der Waals surface area contributed by atoms with Crippen LogP contribution >= 0.6 is 11.3 Å². The Bertz CT molecular complexity index is 509. The van der Waals surface area contributed by atoms with Crippen molar-refractivity contribution in [2.45, 2.75) is 6.92 Å². The van der Waals surface area contributed by atoms with E-state index in [1.807, 2.05) is 6.92 Å². The van der Waals surface area contributed by atoms with Crippen LogP contribution in [0.1, 0.15) is 15.9 Å². The van der Waals surface area contributed by atoms with E-state index in [0.717, 1.165) is 5.56 Å². The predicted molar refractivity (Wildman–Crippen MR) is 62.9 cm³/mol. The van der Waals surface area contributed by atoms with Gasteiger partial charge >= 0.3 is 0 Å². The summed E-state index contributed by atoms with van der Waals surface area (Å²) in [5.74, 6) is -0.344. The fraction of sp³-hybridized carbons (Fsp3) is 0.0909. The van der Waals surface area contributed by atoms with Crippen LogP contribution in [0.3, 0.4) is 0 Å². The van der Waals surface area contributed by atoms with Crippen molar-refractivity contribution in [1.29, 1.82) is 0 Å². The molecule has 0 spiro atoms. The van der Waals surface area contributed by atoms with Gasteiger partial charge in [0.25, 0.3) is 5.91 Å². The van der Waals surface area contributed by atoms with E-state index in [1.54, 1.807) is 29.9 Å². The molecule has 0 unspecified atom stereocenters. The van der Waals surface area contributed by atoms with Gasteiger partial charge in [-0.2, -0.15) is 0 Å². The minimum atomic E-state index is -0.332. The summed E-state index contributed by atoms with van der Waals surface area (Å²) in [6.07, 6.45) is 1.56. The maximum atomic E-state index is 11.8. The number of aryl methyl sites for hydroxylation is 1. The molecule has 1 aromatic carbocycles. The van der Waals surface area contributed by atoms with Crippen LogP contribution in [0.4, 0.5) is 5.00 Å². The monoisotopic (exact) mass is 234 g/mol. The number of aromatic nitrogens is 1. The van der Waals surface area contributed by atoms with Crippen LogP contribution in [-0.4, -0.2) is 16.0 Å². The summed E-state index contributed by atoms with van der Waals surface area (Å²) < 4.78 is 0. The quantitative estimate of drug-likeness (QED) is 0.838. The highest BCUT2D eigenvalue weighted by molar-refractivity contribution is 7.14. The molecule has 2 aromatic rings. The van der Waals surface area contributed by atoms with Gasteiger partial charge in [-0.25, -0.2) is 0 Å². The number of benzene rings is 1. The highest BCUT2D eigenvalue weighted by Crippen LogP contribution is 2.21. The summed E-state index contributed by atoms with van der Waals surface area (Å²) in [5, 5.41) is 12.9. The molecule has 0 atom stereocenters. The molecule has 2 N–H and O–H groups in total. The molecule has 0 aliphatic rings. The number of phenols is 1. The van der Waals surface area contributed by atoms with Crippen molar-refractivity contribution in [2.75, 3.05) is 5.32 Å². The third kappa shape index (κ3) is 2.20. The lowest BCUT2D eigenvalue weighted by atomic mass is 10.1. The molecule has 0 radical (unpaired) electrons. The second-order valence-electron chi connectivity index (χ2n) is 3.34. The smallest absolute Gasteiger partial charge is 0.260 e. The number of thiazole rings is 1. The Morgan fingerprint density at radius 3 is 2.94 bits per heavy atom. The van der Waals surface area contributed by atoms with Crippen molar-refractivity contribution in [1.82, 2.24) is 4.98 Å². The number of nitrogens with zero attached hydrogens (tertiary/aromatic N) is 1. The molecule has 2 rings (SSSR count). The van der Waals surface area contributed by atoms with Crippen molar-refractivity contribution < 1.29 is 9.90 Å². The Hall–Kier alpha value is -1.88. The number of nitrogens with one attached hydrogen (secondary N) is 1. The first-order valence-corrected chi connectivity index (χ1v) is 5.54. The fourth-order valence-corrected chi connectivity index (χ4v) is 1.80. The van der Waals surface area contributed by atoms with E-state index in [2.05, 4.69) is 10.3 Å². The molecule has 0 aliphatic carbocycles. The van der Waals surface area contributed by atoms with Crippen LogP contribution in [-0.2, 0) is 0 Å². The standard InChI is InChI=1S/C11H10N2O2S/c1-7-2-3-8(9(14)4-7)11(15)13-10-5-12-6-16-10/h2-6,14H,1H3,(H,13,15). The molecule has 0 saturated heterocycles. The molecular weight excluding hydrogens is 224 g/mol. The van der Waals surface area contributed by atoms with E-state index in [1.165, 1.54) is 11.3 Å². The minimum absolute atomic E-state index is 0.0120. The van der Waals surface area contributed by atoms with Gasteiger partial charge < -0.3 is 10.4 Å². The molecule has 16 heavy (non-hydrogen) atoms. The number of aromatic hydroxyl groups is 1. The highest BCUT2D eigenvalue weighted by atomic mass is 32.1. The lowest BCUT2D eigenvalue weighted by Gasteiger charge is -2.05.